The molecule has 0 aliphatic rings. The van der Waals surface area contributed by atoms with Crippen molar-refractivity contribution in [2.75, 3.05) is 0 Å². The number of hydrogen-bond acceptors (Lipinski definition) is 3. The summed E-state index contributed by atoms with van der Waals surface area (Å²) in [4.78, 5) is 12.1. The molecule has 0 aliphatic carbocycles. The molecular weight excluding hydrogens is 350 g/mol. The standard InChI is InChI=1S/C23H25N3O2/c1-5-18-8-6-7-15(2)22(18)26-16(3)13-20(17(26)4)14-24-25-23(28)19-9-11-21(27)12-10-19/h6-14,27H,5H2,1-4H3,(H,25,28)/b24-14-. The predicted octanol–water partition coefficient (Wildman–Crippen LogP) is 4.43. The van der Waals surface area contributed by atoms with Crippen molar-refractivity contribution < 1.29 is 9.90 Å². The van der Waals surface area contributed by atoms with Crippen LogP contribution in [-0.2, 0) is 6.42 Å². The number of phenols is 1. The van der Waals surface area contributed by atoms with Crippen molar-refractivity contribution in [3.63, 3.8) is 0 Å². The molecule has 3 rings (SSSR count). The summed E-state index contributed by atoms with van der Waals surface area (Å²) >= 11 is 0. The molecule has 0 bridgehead atoms. The Labute approximate surface area is 165 Å². The van der Waals surface area contributed by atoms with Gasteiger partial charge >= 0.3 is 0 Å². The first-order valence-electron chi connectivity index (χ1n) is 9.32. The summed E-state index contributed by atoms with van der Waals surface area (Å²) in [6.07, 6.45) is 2.63. The highest BCUT2D eigenvalue weighted by molar-refractivity contribution is 5.95. The smallest absolute Gasteiger partial charge is 0.271 e. The lowest BCUT2D eigenvalue weighted by atomic mass is 10.1. The zero-order valence-electron chi connectivity index (χ0n) is 16.7. The number of nitrogens with one attached hydrogen (secondary N) is 1. The van der Waals surface area contributed by atoms with Gasteiger partial charge in [0.2, 0.25) is 0 Å². The van der Waals surface area contributed by atoms with E-state index in [9.17, 15) is 9.90 Å². The van der Waals surface area contributed by atoms with E-state index in [0.717, 1.165) is 23.4 Å². The molecule has 28 heavy (non-hydrogen) atoms. The van der Waals surface area contributed by atoms with Crippen LogP contribution in [0.5, 0.6) is 5.75 Å². The van der Waals surface area contributed by atoms with Crippen molar-refractivity contribution in [2.24, 2.45) is 5.10 Å². The maximum absolute atomic E-state index is 12.1. The second-order valence-corrected chi connectivity index (χ2v) is 6.84. The molecular formula is C23H25N3O2. The number of phenolic OH excluding ortho intramolecular Hbond substituents is 1. The van der Waals surface area contributed by atoms with E-state index in [0.29, 0.717) is 5.56 Å². The lowest BCUT2D eigenvalue weighted by Gasteiger charge is -2.17. The molecule has 5 nitrogen and oxygen atoms in total. The molecule has 0 unspecified atom stereocenters. The fourth-order valence-electron chi connectivity index (χ4n) is 3.43. The number of rotatable bonds is 5. The molecule has 2 aromatic carbocycles. The molecule has 2 N–H and O–H groups in total. The summed E-state index contributed by atoms with van der Waals surface area (Å²) in [5, 5.41) is 13.4. The Hall–Kier alpha value is -3.34. The van der Waals surface area contributed by atoms with Gasteiger partial charge in [-0.25, -0.2) is 5.43 Å². The van der Waals surface area contributed by atoms with E-state index in [1.807, 2.05) is 0 Å². The summed E-state index contributed by atoms with van der Waals surface area (Å²) < 4.78 is 2.25. The van der Waals surface area contributed by atoms with Gasteiger partial charge < -0.3 is 9.67 Å². The van der Waals surface area contributed by atoms with Crippen molar-refractivity contribution in [2.45, 2.75) is 34.1 Å². The van der Waals surface area contributed by atoms with Gasteiger partial charge in [-0.1, -0.05) is 25.1 Å². The third-order valence-corrected chi connectivity index (χ3v) is 4.90. The largest absolute Gasteiger partial charge is 0.508 e. The fraction of sp³-hybridized carbons (Fsp3) is 0.217. The number of carbonyl (C=O) groups is 1. The van der Waals surface area contributed by atoms with Crippen LogP contribution in [0.1, 0.15) is 45.4 Å². The predicted molar refractivity (Wildman–Crippen MR) is 113 cm³/mol. The fourth-order valence-corrected chi connectivity index (χ4v) is 3.43. The first-order chi connectivity index (χ1) is 13.4. The Bertz CT molecular complexity index is 1030. The van der Waals surface area contributed by atoms with Crippen LogP contribution < -0.4 is 5.43 Å². The summed E-state index contributed by atoms with van der Waals surface area (Å²) in [5.74, 6) is -0.202. The normalized spacial score (nSPS) is 11.1. The second-order valence-electron chi connectivity index (χ2n) is 6.84. The van der Waals surface area contributed by atoms with Gasteiger partial charge in [0.1, 0.15) is 5.75 Å². The lowest BCUT2D eigenvalue weighted by molar-refractivity contribution is 0.0955. The summed E-state index contributed by atoms with van der Waals surface area (Å²) in [5.41, 5.74) is 9.86. The minimum Gasteiger partial charge on any atom is -0.508 e. The molecule has 0 saturated heterocycles. The molecule has 0 fully saturated rings. The number of aromatic nitrogens is 1. The SMILES string of the molecule is CCc1cccc(C)c1-n1c(C)cc(/C=N\NC(=O)c2ccc(O)cc2)c1C. The number of benzene rings is 2. The maximum atomic E-state index is 12.1. The molecule has 1 heterocycles. The Morgan fingerprint density at radius 3 is 2.54 bits per heavy atom. The zero-order chi connectivity index (χ0) is 20.3. The van der Waals surface area contributed by atoms with Crippen LogP contribution in [0.4, 0.5) is 0 Å². The number of carbonyl (C=O) groups excluding carboxylic acids is 1. The van der Waals surface area contributed by atoms with Crippen molar-refractivity contribution in [1.82, 2.24) is 9.99 Å². The van der Waals surface area contributed by atoms with E-state index in [-0.39, 0.29) is 11.7 Å². The van der Waals surface area contributed by atoms with Crippen molar-refractivity contribution in [3.8, 4) is 11.4 Å². The Balaban J connectivity index is 1.85. The molecule has 0 aliphatic heterocycles. The van der Waals surface area contributed by atoms with Crippen LogP contribution in [-0.4, -0.2) is 21.8 Å². The lowest BCUT2D eigenvalue weighted by Crippen LogP contribution is -2.17. The molecule has 0 spiro atoms. The Kier molecular flexibility index (Phi) is 5.64. The molecule has 0 atom stereocenters. The Morgan fingerprint density at radius 2 is 1.86 bits per heavy atom. The van der Waals surface area contributed by atoms with Crippen LogP contribution in [0.25, 0.3) is 5.69 Å². The highest BCUT2D eigenvalue weighted by Gasteiger charge is 2.14. The van der Waals surface area contributed by atoms with Gasteiger partial charge in [0, 0.05) is 22.5 Å². The Morgan fingerprint density at radius 1 is 1.14 bits per heavy atom. The highest BCUT2D eigenvalue weighted by atomic mass is 16.3. The number of hydrogen-bond donors (Lipinski definition) is 2. The van der Waals surface area contributed by atoms with Gasteiger partial charge in [0.05, 0.1) is 11.9 Å². The molecule has 1 aromatic heterocycles. The molecule has 3 aromatic rings. The van der Waals surface area contributed by atoms with E-state index in [4.69, 9.17) is 0 Å². The minimum absolute atomic E-state index is 0.121. The third-order valence-electron chi connectivity index (χ3n) is 4.90. The number of aromatic hydroxyl groups is 1. The first kappa shape index (κ1) is 19.4. The van der Waals surface area contributed by atoms with Gasteiger partial charge in [-0.2, -0.15) is 5.10 Å². The summed E-state index contributed by atoms with van der Waals surface area (Å²) in [6, 6.07) is 14.5. The van der Waals surface area contributed by atoms with E-state index < -0.39 is 0 Å². The number of para-hydroxylation sites is 1. The van der Waals surface area contributed by atoms with Crippen LogP contribution in [0.3, 0.4) is 0 Å². The maximum Gasteiger partial charge on any atom is 0.271 e. The van der Waals surface area contributed by atoms with Gasteiger partial charge in [0.25, 0.3) is 5.91 Å². The van der Waals surface area contributed by atoms with Gasteiger partial charge in [0.15, 0.2) is 0 Å². The minimum atomic E-state index is -0.322. The summed E-state index contributed by atoms with van der Waals surface area (Å²) in [7, 11) is 0. The van der Waals surface area contributed by atoms with Crippen LogP contribution in [0, 0.1) is 20.8 Å². The molecule has 144 valence electrons. The van der Waals surface area contributed by atoms with Crippen molar-refractivity contribution in [3.05, 3.63) is 82.2 Å². The van der Waals surface area contributed by atoms with Gasteiger partial charge in [-0.15, -0.1) is 0 Å². The number of aryl methyl sites for hydroxylation is 3. The monoisotopic (exact) mass is 375 g/mol. The van der Waals surface area contributed by atoms with E-state index >= 15 is 0 Å². The van der Waals surface area contributed by atoms with E-state index in [1.165, 1.54) is 28.9 Å². The van der Waals surface area contributed by atoms with Crippen LogP contribution in [0.15, 0.2) is 53.6 Å². The van der Waals surface area contributed by atoms with Crippen molar-refractivity contribution in [1.29, 1.82) is 0 Å². The van der Waals surface area contributed by atoms with E-state index in [2.05, 4.69) is 67.1 Å². The third kappa shape index (κ3) is 3.83. The number of amides is 1. The van der Waals surface area contributed by atoms with Gasteiger partial charge in [-0.3, -0.25) is 4.79 Å². The first-order valence-corrected chi connectivity index (χ1v) is 9.32. The highest BCUT2D eigenvalue weighted by Crippen LogP contribution is 2.26. The van der Waals surface area contributed by atoms with Gasteiger partial charge in [-0.05, 0) is 68.7 Å². The second kappa shape index (κ2) is 8.13. The van der Waals surface area contributed by atoms with E-state index in [1.54, 1.807) is 18.3 Å². The average Bonchev–Trinajstić information content (AvgIpc) is 2.95. The van der Waals surface area contributed by atoms with Crippen molar-refractivity contribution >= 4 is 12.1 Å². The zero-order valence-corrected chi connectivity index (χ0v) is 16.7. The van der Waals surface area contributed by atoms with Crippen LogP contribution >= 0.6 is 0 Å². The molecule has 0 radical (unpaired) electrons. The number of hydrazone groups is 1. The molecule has 1 amide bonds. The van der Waals surface area contributed by atoms with Crippen LogP contribution in [0.2, 0.25) is 0 Å². The topological polar surface area (TPSA) is 66.6 Å². The number of nitrogens with zero attached hydrogens (tertiary/aromatic N) is 2. The molecule has 0 saturated carbocycles. The molecule has 5 heteroatoms. The summed E-state index contributed by atoms with van der Waals surface area (Å²) in [6.45, 7) is 8.42. The average molecular weight is 375 g/mol. The quantitative estimate of drug-likeness (QED) is 0.512.